The molecule has 2 aromatic carbocycles. The Morgan fingerprint density at radius 2 is 1.89 bits per heavy atom. The van der Waals surface area contributed by atoms with Gasteiger partial charge in [0, 0.05) is 5.69 Å². The number of benzene rings is 2. The van der Waals surface area contributed by atoms with Gasteiger partial charge in [0.05, 0.1) is 35.2 Å². The van der Waals surface area contributed by atoms with E-state index in [2.05, 4.69) is 10.4 Å². The number of para-hydroxylation sites is 1. The highest BCUT2D eigenvalue weighted by Crippen LogP contribution is 2.19. The van der Waals surface area contributed by atoms with Gasteiger partial charge in [-0.25, -0.2) is 9.48 Å². The molecule has 6 heteroatoms. The largest absolute Gasteiger partial charge is 0.478 e. The summed E-state index contributed by atoms with van der Waals surface area (Å²) in [6.45, 7) is 3.92. The first-order valence-corrected chi connectivity index (χ1v) is 8.74. The number of anilines is 1. The summed E-state index contributed by atoms with van der Waals surface area (Å²) in [5.41, 5.74) is 4.03. The molecule has 0 unspecified atom stereocenters. The lowest BCUT2D eigenvalue weighted by atomic mass is 10.1. The Balaban J connectivity index is 1.81. The van der Waals surface area contributed by atoms with Gasteiger partial charge in [0.2, 0.25) is 0 Å². The fourth-order valence-corrected chi connectivity index (χ4v) is 2.95. The molecular formula is C21H21N3O3. The first-order chi connectivity index (χ1) is 13.0. The van der Waals surface area contributed by atoms with Crippen molar-refractivity contribution in [1.82, 2.24) is 9.78 Å². The van der Waals surface area contributed by atoms with Crippen LogP contribution in [0, 0.1) is 6.92 Å². The summed E-state index contributed by atoms with van der Waals surface area (Å²) in [7, 11) is 0. The molecule has 1 aromatic heterocycles. The molecule has 0 aliphatic heterocycles. The smallest absolute Gasteiger partial charge is 0.335 e. The minimum absolute atomic E-state index is 0.0669. The van der Waals surface area contributed by atoms with Gasteiger partial charge in [-0.3, -0.25) is 4.79 Å². The number of carboxylic acids is 1. The highest BCUT2D eigenvalue weighted by Gasteiger charge is 2.17. The van der Waals surface area contributed by atoms with Crippen LogP contribution in [0.4, 0.5) is 5.69 Å². The van der Waals surface area contributed by atoms with Crippen molar-refractivity contribution in [3.8, 4) is 5.69 Å². The number of carboxylic acid groups (broad SMARTS) is 1. The number of hydrogen-bond acceptors (Lipinski definition) is 4. The van der Waals surface area contributed by atoms with E-state index in [1.54, 1.807) is 29.1 Å². The number of rotatable bonds is 7. The Bertz CT molecular complexity index is 978. The topological polar surface area (TPSA) is 84.2 Å². The summed E-state index contributed by atoms with van der Waals surface area (Å²) in [5, 5.41) is 16.6. The van der Waals surface area contributed by atoms with Crippen molar-refractivity contribution in [2.45, 2.75) is 20.3 Å². The predicted octanol–water partition coefficient (Wildman–Crippen LogP) is 3.74. The second-order valence-electron chi connectivity index (χ2n) is 6.22. The third-order valence-electron chi connectivity index (χ3n) is 4.43. The van der Waals surface area contributed by atoms with Gasteiger partial charge in [-0.2, -0.15) is 5.10 Å². The van der Waals surface area contributed by atoms with Crippen molar-refractivity contribution in [3.63, 3.8) is 0 Å². The normalized spacial score (nSPS) is 10.6. The molecule has 2 N–H and O–H groups in total. The molecule has 3 aromatic rings. The molecule has 6 nitrogen and oxygen atoms in total. The van der Waals surface area contributed by atoms with E-state index in [4.69, 9.17) is 5.11 Å². The molecule has 0 saturated heterocycles. The fourth-order valence-electron chi connectivity index (χ4n) is 2.95. The van der Waals surface area contributed by atoms with Crippen LogP contribution >= 0.6 is 0 Å². The summed E-state index contributed by atoms with van der Waals surface area (Å²) < 4.78 is 1.78. The van der Waals surface area contributed by atoms with E-state index < -0.39 is 5.97 Å². The molecule has 0 bridgehead atoms. The maximum absolute atomic E-state index is 12.7. The minimum atomic E-state index is -0.998. The van der Waals surface area contributed by atoms with Crippen LogP contribution in [0.15, 0.2) is 54.7 Å². The molecule has 138 valence electrons. The third-order valence-corrected chi connectivity index (χ3v) is 4.43. The van der Waals surface area contributed by atoms with Crippen LogP contribution in [-0.4, -0.2) is 33.2 Å². The van der Waals surface area contributed by atoms with Crippen molar-refractivity contribution in [2.24, 2.45) is 0 Å². The van der Waals surface area contributed by atoms with Gasteiger partial charge in [-0.15, -0.1) is 0 Å². The number of aryl methyl sites for hydroxylation is 1. The van der Waals surface area contributed by atoms with Crippen LogP contribution in [0.25, 0.3) is 5.69 Å². The molecule has 0 spiro atoms. The van der Waals surface area contributed by atoms with E-state index in [1.807, 2.05) is 44.2 Å². The number of carbonyl (C=O) groups excluding carboxylic acids is 1. The molecule has 0 atom stereocenters. The lowest BCUT2D eigenvalue weighted by molar-refractivity contribution is 0.0696. The Hall–Kier alpha value is -3.41. The number of ketones is 1. The lowest BCUT2D eigenvalue weighted by Crippen LogP contribution is -2.16. The lowest BCUT2D eigenvalue weighted by Gasteiger charge is -2.11. The van der Waals surface area contributed by atoms with Crippen molar-refractivity contribution in [3.05, 3.63) is 77.1 Å². The summed E-state index contributed by atoms with van der Waals surface area (Å²) >= 11 is 0. The molecule has 0 saturated carbocycles. The fraction of sp³-hybridized carbons (Fsp3) is 0.190. The molecule has 0 aliphatic carbocycles. The van der Waals surface area contributed by atoms with Gasteiger partial charge in [0.1, 0.15) is 0 Å². The summed E-state index contributed by atoms with van der Waals surface area (Å²) in [5.74, 6) is -1.09. The maximum Gasteiger partial charge on any atom is 0.335 e. The second kappa shape index (κ2) is 7.86. The molecule has 0 fully saturated rings. The van der Waals surface area contributed by atoms with E-state index in [0.717, 1.165) is 16.9 Å². The van der Waals surface area contributed by atoms with Crippen LogP contribution < -0.4 is 5.32 Å². The monoisotopic (exact) mass is 363 g/mol. The van der Waals surface area contributed by atoms with Crippen molar-refractivity contribution in [2.75, 3.05) is 11.9 Å². The molecule has 27 heavy (non-hydrogen) atoms. The highest BCUT2D eigenvalue weighted by atomic mass is 16.4. The standard InChI is InChI=1S/C21H21N3O3/c1-3-19-17(12-23-24(19)16-7-5-4-6-8-16)20(25)13-22-18-11-15(21(26)27)10-9-14(18)2/h4-12,22H,3,13H2,1-2H3,(H,26,27). The van der Waals surface area contributed by atoms with Crippen LogP contribution in [0.2, 0.25) is 0 Å². The van der Waals surface area contributed by atoms with Gasteiger partial charge in [0.25, 0.3) is 0 Å². The maximum atomic E-state index is 12.7. The van der Waals surface area contributed by atoms with Crippen LogP contribution in [0.3, 0.4) is 0 Å². The average molecular weight is 363 g/mol. The highest BCUT2D eigenvalue weighted by molar-refractivity contribution is 6.00. The molecule has 3 rings (SSSR count). The number of hydrogen-bond donors (Lipinski definition) is 2. The Morgan fingerprint density at radius 3 is 2.56 bits per heavy atom. The first kappa shape index (κ1) is 18.4. The molecule has 0 radical (unpaired) electrons. The van der Waals surface area contributed by atoms with Crippen LogP contribution in [-0.2, 0) is 6.42 Å². The second-order valence-corrected chi connectivity index (χ2v) is 6.22. The Morgan fingerprint density at radius 1 is 1.15 bits per heavy atom. The number of aromatic carboxylic acids is 1. The number of aromatic nitrogens is 2. The Labute approximate surface area is 157 Å². The first-order valence-electron chi connectivity index (χ1n) is 8.74. The quantitative estimate of drug-likeness (QED) is 0.625. The van der Waals surface area contributed by atoms with Crippen LogP contribution in [0.1, 0.15) is 38.9 Å². The molecule has 1 heterocycles. The zero-order valence-electron chi connectivity index (χ0n) is 15.3. The SMILES string of the molecule is CCc1c(C(=O)CNc2cc(C(=O)O)ccc2C)cnn1-c1ccccc1. The molecule has 0 amide bonds. The van der Waals surface area contributed by atoms with Crippen molar-refractivity contribution >= 4 is 17.4 Å². The zero-order chi connectivity index (χ0) is 19.4. The molecule has 0 aliphatic rings. The van der Waals surface area contributed by atoms with Gasteiger partial charge < -0.3 is 10.4 Å². The van der Waals surface area contributed by atoms with Gasteiger partial charge in [-0.05, 0) is 43.2 Å². The Kier molecular flexibility index (Phi) is 5.35. The average Bonchev–Trinajstić information content (AvgIpc) is 3.11. The number of carbonyl (C=O) groups is 2. The van der Waals surface area contributed by atoms with Crippen LogP contribution in [0.5, 0.6) is 0 Å². The van der Waals surface area contributed by atoms with E-state index >= 15 is 0 Å². The van der Waals surface area contributed by atoms with Gasteiger partial charge >= 0.3 is 5.97 Å². The van der Waals surface area contributed by atoms with E-state index in [1.165, 1.54) is 0 Å². The van der Waals surface area contributed by atoms with Gasteiger partial charge in [0.15, 0.2) is 5.78 Å². The number of nitrogens with one attached hydrogen (secondary N) is 1. The summed E-state index contributed by atoms with van der Waals surface area (Å²) in [6, 6.07) is 14.5. The summed E-state index contributed by atoms with van der Waals surface area (Å²) in [6.07, 6.45) is 2.26. The van der Waals surface area contributed by atoms with Crippen molar-refractivity contribution in [1.29, 1.82) is 0 Å². The van der Waals surface area contributed by atoms with Gasteiger partial charge in [-0.1, -0.05) is 31.2 Å². The van der Waals surface area contributed by atoms with E-state index in [9.17, 15) is 9.59 Å². The van der Waals surface area contributed by atoms with Crippen molar-refractivity contribution < 1.29 is 14.7 Å². The molecular weight excluding hydrogens is 342 g/mol. The van der Waals surface area contributed by atoms with E-state index in [-0.39, 0.29) is 17.9 Å². The number of Topliss-reactive ketones (excluding diaryl/α,β-unsaturated/α-hetero) is 1. The summed E-state index contributed by atoms with van der Waals surface area (Å²) in [4.78, 5) is 23.9. The zero-order valence-corrected chi connectivity index (χ0v) is 15.3. The minimum Gasteiger partial charge on any atom is -0.478 e. The number of nitrogens with zero attached hydrogens (tertiary/aromatic N) is 2. The van der Waals surface area contributed by atoms with E-state index in [0.29, 0.717) is 17.7 Å². The predicted molar refractivity (Wildman–Crippen MR) is 104 cm³/mol. The third kappa shape index (κ3) is 3.89.